The van der Waals surface area contributed by atoms with Crippen molar-refractivity contribution in [3.8, 4) is 0 Å². The Bertz CT molecular complexity index is 420. The summed E-state index contributed by atoms with van der Waals surface area (Å²) in [5.74, 6) is -2.35. The number of hydrogen-bond donors (Lipinski definition) is 4. The molecule has 92 valence electrons. The van der Waals surface area contributed by atoms with Crippen LogP contribution < -0.4 is 11.1 Å². The molecule has 1 aromatic carbocycles. The third-order valence-electron chi connectivity index (χ3n) is 2.27. The number of carboxylic acid groups (broad SMARTS) is 2. The summed E-state index contributed by atoms with van der Waals surface area (Å²) < 4.78 is 0. The van der Waals surface area contributed by atoms with Crippen molar-refractivity contribution in [2.45, 2.75) is 19.0 Å². The molecular weight excluding hydrogens is 224 g/mol. The molecule has 0 bridgehead atoms. The van der Waals surface area contributed by atoms with Crippen molar-refractivity contribution in [2.24, 2.45) is 0 Å². The van der Waals surface area contributed by atoms with Crippen LogP contribution in [0.4, 0.5) is 5.69 Å². The SMILES string of the molecule is Nc1ccccc1CNC(CC(=O)O)C(=O)O. The standard InChI is InChI=1S/C11H14N2O4/c12-8-4-2-1-3-7(8)6-13-9(11(16)17)5-10(14)15/h1-4,9,13H,5-6,12H2,(H,14,15)(H,16,17). The van der Waals surface area contributed by atoms with Gasteiger partial charge in [-0.3, -0.25) is 14.9 Å². The van der Waals surface area contributed by atoms with Crippen LogP contribution in [0.15, 0.2) is 24.3 Å². The first-order chi connectivity index (χ1) is 8.00. The molecule has 0 radical (unpaired) electrons. The van der Waals surface area contributed by atoms with E-state index in [0.717, 1.165) is 5.56 Å². The minimum atomic E-state index is -1.19. The predicted molar refractivity (Wildman–Crippen MR) is 61.4 cm³/mol. The van der Waals surface area contributed by atoms with E-state index in [-0.39, 0.29) is 6.54 Å². The van der Waals surface area contributed by atoms with Crippen LogP contribution in [0, 0.1) is 0 Å². The topological polar surface area (TPSA) is 113 Å². The number of carbonyl (C=O) groups is 2. The highest BCUT2D eigenvalue weighted by atomic mass is 16.4. The van der Waals surface area contributed by atoms with E-state index >= 15 is 0 Å². The number of aliphatic carboxylic acids is 2. The summed E-state index contributed by atoms with van der Waals surface area (Å²) in [6.45, 7) is 0.219. The van der Waals surface area contributed by atoms with Gasteiger partial charge in [0.25, 0.3) is 0 Å². The summed E-state index contributed by atoms with van der Waals surface area (Å²) in [6, 6.07) is 5.88. The number of anilines is 1. The summed E-state index contributed by atoms with van der Waals surface area (Å²) in [5, 5.41) is 20.0. The van der Waals surface area contributed by atoms with Crippen molar-refractivity contribution < 1.29 is 19.8 Å². The third kappa shape index (κ3) is 4.12. The van der Waals surface area contributed by atoms with Gasteiger partial charge in [0.1, 0.15) is 6.04 Å². The normalized spacial score (nSPS) is 12.0. The van der Waals surface area contributed by atoms with Crippen LogP contribution in [0.1, 0.15) is 12.0 Å². The molecule has 0 saturated carbocycles. The summed E-state index contributed by atoms with van der Waals surface area (Å²) in [7, 11) is 0. The molecule has 1 unspecified atom stereocenters. The number of carboxylic acids is 2. The number of nitrogens with one attached hydrogen (secondary N) is 1. The van der Waals surface area contributed by atoms with E-state index in [1.54, 1.807) is 24.3 Å². The van der Waals surface area contributed by atoms with E-state index in [0.29, 0.717) is 5.69 Å². The number of nitrogen functional groups attached to an aromatic ring is 1. The lowest BCUT2D eigenvalue weighted by molar-refractivity contribution is -0.146. The van der Waals surface area contributed by atoms with E-state index in [9.17, 15) is 9.59 Å². The van der Waals surface area contributed by atoms with Gasteiger partial charge < -0.3 is 15.9 Å². The van der Waals surface area contributed by atoms with Crippen molar-refractivity contribution in [2.75, 3.05) is 5.73 Å². The molecule has 0 saturated heterocycles. The molecule has 0 aromatic heterocycles. The molecule has 6 nitrogen and oxygen atoms in total. The summed E-state index contributed by atoms with van der Waals surface area (Å²) in [4.78, 5) is 21.2. The first-order valence-corrected chi connectivity index (χ1v) is 5.02. The maximum absolute atomic E-state index is 10.8. The molecule has 0 heterocycles. The Morgan fingerprint density at radius 3 is 2.47 bits per heavy atom. The minimum Gasteiger partial charge on any atom is -0.481 e. The van der Waals surface area contributed by atoms with Gasteiger partial charge in [-0.2, -0.15) is 0 Å². The second kappa shape index (κ2) is 5.86. The van der Waals surface area contributed by atoms with E-state index in [1.165, 1.54) is 0 Å². The van der Waals surface area contributed by atoms with Gasteiger partial charge in [-0.05, 0) is 11.6 Å². The molecular formula is C11H14N2O4. The molecule has 0 spiro atoms. The van der Waals surface area contributed by atoms with Crippen LogP contribution in [0.3, 0.4) is 0 Å². The maximum atomic E-state index is 10.8. The van der Waals surface area contributed by atoms with E-state index in [4.69, 9.17) is 15.9 Å². The summed E-state index contributed by atoms with van der Waals surface area (Å²) in [5.41, 5.74) is 6.96. The largest absolute Gasteiger partial charge is 0.481 e. The molecule has 1 aromatic rings. The number of nitrogens with two attached hydrogens (primary N) is 1. The van der Waals surface area contributed by atoms with Crippen molar-refractivity contribution in [3.05, 3.63) is 29.8 Å². The Morgan fingerprint density at radius 2 is 1.94 bits per heavy atom. The van der Waals surface area contributed by atoms with Gasteiger partial charge in [-0.25, -0.2) is 0 Å². The van der Waals surface area contributed by atoms with Gasteiger partial charge in [0.05, 0.1) is 6.42 Å². The quantitative estimate of drug-likeness (QED) is 0.530. The van der Waals surface area contributed by atoms with Crippen molar-refractivity contribution in [1.29, 1.82) is 0 Å². The van der Waals surface area contributed by atoms with Gasteiger partial charge in [0.15, 0.2) is 0 Å². The van der Waals surface area contributed by atoms with Gasteiger partial charge in [0, 0.05) is 12.2 Å². The molecule has 0 amide bonds. The zero-order valence-electron chi connectivity index (χ0n) is 9.09. The maximum Gasteiger partial charge on any atom is 0.321 e. The predicted octanol–water partition coefficient (Wildman–Crippen LogP) is 0.286. The van der Waals surface area contributed by atoms with E-state index < -0.39 is 24.4 Å². The highest BCUT2D eigenvalue weighted by molar-refractivity contribution is 5.80. The first-order valence-electron chi connectivity index (χ1n) is 5.02. The highest BCUT2D eigenvalue weighted by Crippen LogP contribution is 2.10. The zero-order chi connectivity index (χ0) is 12.8. The lowest BCUT2D eigenvalue weighted by Crippen LogP contribution is -2.38. The van der Waals surface area contributed by atoms with Crippen molar-refractivity contribution in [1.82, 2.24) is 5.32 Å². The second-order valence-electron chi connectivity index (χ2n) is 3.57. The number of benzene rings is 1. The third-order valence-corrected chi connectivity index (χ3v) is 2.27. The molecule has 0 aliphatic carbocycles. The van der Waals surface area contributed by atoms with Crippen LogP contribution in [-0.4, -0.2) is 28.2 Å². The Hall–Kier alpha value is -2.08. The number of para-hydroxylation sites is 1. The summed E-state index contributed by atoms with van der Waals surface area (Å²) >= 11 is 0. The number of hydrogen-bond acceptors (Lipinski definition) is 4. The Labute approximate surface area is 98.1 Å². The van der Waals surface area contributed by atoms with Gasteiger partial charge in [-0.1, -0.05) is 18.2 Å². The zero-order valence-corrected chi connectivity index (χ0v) is 9.09. The first kappa shape index (κ1) is 13.0. The van der Waals surface area contributed by atoms with E-state index in [2.05, 4.69) is 5.32 Å². The monoisotopic (exact) mass is 238 g/mol. The van der Waals surface area contributed by atoms with Crippen molar-refractivity contribution >= 4 is 17.6 Å². The average molecular weight is 238 g/mol. The van der Waals surface area contributed by atoms with Crippen LogP contribution in [0.25, 0.3) is 0 Å². The Balaban J connectivity index is 2.61. The average Bonchev–Trinajstić information content (AvgIpc) is 2.25. The fourth-order valence-corrected chi connectivity index (χ4v) is 1.35. The number of rotatable bonds is 6. The van der Waals surface area contributed by atoms with Crippen LogP contribution in [-0.2, 0) is 16.1 Å². The molecule has 17 heavy (non-hydrogen) atoms. The van der Waals surface area contributed by atoms with Crippen LogP contribution in [0.5, 0.6) is 0 Å². The molecule has 5 N–H and O–H groups in total. The molecule has 0 fully saturated rings. The summed E-state index contributed by atoms with van der Waals surface area (Å²) in [6.07, 6.45) is -0.470. The van der Waals surface area contributed by atoms with E-state index in [1.807, 2.05) is 0 Å². The lowest BCUT2D eigenvalue weighted by Gasteiger charge is -2.13. The fraction of sp³-hybridized carbons (Fsp3) is 0.273. The van der Waals surface area contributed by atoms with Gasteiger partial charge >= 0.3 is 11.9 Å². The second-order valence-corrected chi connectivity index (χ2v) is 3.57. The molecule has 0 aliphatic heterocycles. The van der Waals surface area contributed by atoms with Gasteiger partial charge in [-0.15, -0.1) is 0 Å². The fourth-order valence-electron chi connectivity index (χ4n) is 1.35. The molecule has 1 atom stereocenters. The Kier molecular flexibility index (Phi) is 4.47. The molecule has 1 rings (SSSR count). The van der Waals surface area contributed by atoms with Crippen LogP contribution in [0.2, 0.25) is 0 Å². The van der Waals surface area contributed by atoms with Crippen molar-refractivity contribution in [3.63, 3.8) is 0 Å². The smallest absolute Gasteiger partial charge is 0.321 e. The van der Waals surface area contributed by atoms with Gasteiger partial charge in [0.2, 0.25) is 0 Å². The molecule has 6 heteroatoms. The minimum absolute atomic E-state index is 0.219. The lowest BCUT2D eigenvalue weighted by atomic mass is 10.1. The Morgan fingerprint density at radius 1 is 1.29 bits per heavy atom. The highest BCUT2D eigenvalue weighted by Gasteiger charge is 2.20. The van der Waals surface area contributed by atoms with Crippen LogP contribution >= 0.6 is 0 Å². The molecule has 0 aliphatic rings.